The van der Waals surface area contributed by atoms with E-state index in [-0.39, 0.29) is 21.7 Å². The predicted molar refractivity (Wildman–Crippen MR) is 280 cm³/mol. The summed E-state index contributed by atoms with van der Waals surface area (Å²) in [6.07, 6.45) is 4.74. The SMILES string of the molecule is CC(C)c1cc(-c2cc(N(c3ccccc3)c3ccccc3)ccc2Nc2ccc3c(c2)C(C)(C)CCC3(C)C)c2c3c1c1ccccc1n3-c1cc3c(cc1[B]2)C(C)(C)CCC3(C)C. The monoisotopic (exact) mass is 849 g/mol. The van der Waals surface area contributed by atoms with Crippen molar-refractivity contribution in [3.8, 4) is 16.8 Å². The van der Waals surface area contributed by atoms with E-state index in [2.05, 4.69) is 231 Å². The Morgan fingerprint density at radius 2 is 1.11 bits per heavy atom. The molecule has 7 aromatic carbocycles. The molecule has 11 rings (SSSR count). The van der Waals surface area contributed by atoms with Gasteiger partial charge in [-0.25, -0.2) is 0 Å². The van der Waals surface area contributed by atoms with Crippen molar-refractivity contribution in [3.05, 3.63) is 167 Å². The number of benzene rings is 7. The molecule has 0 bridgehead atoms. The lowest BCUT2D eigenvalue weighted by molar-refractivity contribution is 0.332. The number of fused-ring (bicyclic) bond motifs is 7. The van der Waals surface area contributed by atoms with Crippen molar-refractivity contribution in [2.45, 2.75) is 122 Å². The van der Waals surface area contributed by atoms with E-state index in [4.69, 9.17) is 0 Å². The van der Waals surface area contributed by atoms with Crippen LogP contribution in [-0.2, 0) is 21.7 Å². The predicted octanol–water partition coefficient (Wildman–Crippen LogP) is 15.5. The summed E-state index contributed by atoms with van der Waals surface area (Å²) in [5.41, 5.74) is 22.2. The van der Waals surface area contributed by atoms with Crippen molar-refractivity contribution in [1.29, 1.82) is 0 Å². The zero-order valence-electron chi connectivity index (χ0n) is 40.2. The average molecular weight is 849 g/mol. The van der Waals surface area contributed by atoms with Crippen molar-refractivity contribution in [1.82, 2.24) is 4.57 Å². The zero-order chi connectivity index (χ0) is 45.2. The van der Waals surface area contributed by atoms with Crippen LogP contribution in [0.25, 0.3) is 38.6 Å². The third-order valence-corrected chi connectivity index (χ3v) is 15.9. The van der Waals surface area contributed by atoms with E-state index in [1.165, 1.54) is 103 Å². The Morgan fingerprint density at radius 1 is 0.538 bits per heavy atom. The minimum Gasteiger partial charge on any atom is -0.355 e. The quantitative estimate of drug-likeness (QED) is 0.161. The van der Waals surface area contributed by atoms with Crippen LogP contribution in [0.2, 0.25) is 0 Å². The Balaban J connectivity index is 1.21. The molecule has 0 unspecified atom stereocenters. The van der Waals surface area contributed by atoms with Crippen LogP contribution in [-0.4, -0.2) is 11.8 Å². The molecular formula is C61H63BN3. The van der Waals surface area contributed by atoms with Gasteiger partial charge < -0.3 is 14.8 Å². The first-order valence-electron chi connectivity index (χ1n) is 24.1. The van der Waals surface area contributed by atoms with Gasteiger partial charge in [-0.2, -0.15) is 0 Å². The topological polar surface area (TPSA) is 20.2 Å². The van der Waals surface area contributed by atoms with Crippen LogP contribution >= 0.6 is 0 Å². The molecule has 0 saturated carbocycles. The second-order valence-corrected chi connectivity index (χ2v) is 22.4. The summed E-state index contributed by atoms with van der Waals surface area (Å²) in [5, 5.41) is 6.77. The summed E-state index contributed by atoms with van der Waals surface area (Å²) in [6.45, 7) is 24.2. The number of rotatable bonds is 7. The largest absolute Gasteiger partial charge is 0.355 e. The highest BCUT2D eigenvalue weighted by molar-refractivity contribution is 6.73. The van der Waals surface area contributed by atoms with Gasteiger partial charge in [0.2, 0.25) is 0 Å². The fourth-order valence-electron chi connectivity index (χ4n) is 11.8. The molecule has 325 valence electrons. The molecule has 1 aromatic heterocycles. The maximum Gasteiger partial charge on any atom is 0.197 e. The maximum atomic E-state index is 4.08. The lowest BCUT2D eigenvalue weighted by Crippen LogP contribution is -2.41. The number of aromatic nitrogens is 1. The van der Waals surface area contributed by atoms with Crippen LogP contribution in [0.4, 0.5) is 28.4 Å². The standard InChI is InChI=1S/C61H63BN3/c1-38(2)44-35-46(56-57-55(44)43-23-17-18-24-53(43)65(57)54-37-50-49(36-51(54)62-56)60(7,8)31-32-61(50,9)10)45-34-42(64(40-19-13-11-14-20-40)41-21-15-12-16-22-41)26-28-52(45)63-39-25-27-47-48(33-39)59(5,6)30-29-58(47,3)4/h11-28,33-38,63H,29-32H2,1-10H3. The normalized spacial score (nSPS) is 17.3. The van der Waals surface area contributed by atoms with Crippen LogP contribution < -0.4 is 21.1 Å². The van der Waals surface area contributed by atoms with Gasteiger partial charge in [0.15, 0.2) is 7.28 Å². The molecule has 1 aliphatic heterocycles. The first-order chi connectivity index (χ1) is 31.0. The van der Waals surface area contributed by atoms with Crippen molar-refractivity contribution in [3.63, 3.8) is 0 Å². The van der Waals surface area contributed by atoms with Gasteiger partial charge in [0.25, 0.3) is 0 Å². The molecular weight excluding hydrogens is 786 g/mol. The highest BCUT2D eigenvalue weighted by atomic mass is 15.1. The van der Waals surface area contributed by atoms with Crippen LogP contribution in [0.15, 0.2) is 140 Å². The smallest absolute Gasteiger partial charge is 0.197 e. The minimum absolute atomic E-state index is 0.0921. The second-order valence-electron chi connectivity index (χ2n) is 22.4. The number of nitrogens with zero attached hydrogens (tertiary/aromatic N) is 2. The summed E-state index contributed by atoms with van der Waals surface area (Å²) in [4.78, 5) is 2.40. The molecule has 3 aliphatic rings. The Kier molecular flexibility index (Phi) is 9.47. The fraction of sp³-hybridized carbons (Fsp3) is 0.311. The van der Waals surface area contributed by atoms with Crippen LogP contribution in [0.1, 0.15) is 129 Å². The Morgan fingerprint density at radius 3 is 1.74 bits per heavy atom. The fourth-order valence-corrected chi connectivity index (χ4v) is 11.8. The van der Waals surface area contributed by atoms with E-state index < -0.39 is 0 Å². The molecule has 0 atom stereocenters. The van der Waals surface area contributed by atoms with Gasteiger partial charge in [0.05, 0.1) is 5.52 Å². The average Bonchev–Trinajstić information content (AvgIpc) is 3.64. The van der Waals surface area contributed by atoms with Gasteiger partial charge in [-0.1, -0.05) is 147 Å². The number of hydrogen-bond donors (Lipinski definition) is 1. The van der Waals surface area contributed by atoms with E-state index in [0.717, 1.165) is 28.4 Å². The van der Waals surface area contributed by atoms with Crippen molar-refractivity contribution in [2.24, 2.45) is 0 Å². The number of hydrogen-bond acceptors (Lipinski definition) is 2. The molecule has 0 saturated heterocycles. The third kappa shape index (κ3) is 6.68. The molecule has 2 heterocycles. The van der Waals surface area contributed by atoms with E-state index in [9.17, 15) is 0 Å². The molecule has 2 aliphatic carbocycles. The van der Waals surface area contributed by atoms with Gasteiger partial charge in [-0.3, -0.25) is 0 Å². The van der Waals surface area contributed by atoms with Crippen molar-refractivity contribution in [2.75, 3.05) is 10.2 Å². The molecule has 4 heteroatoms. The van der Waals surface area contributed by atoms with E-state index in [1.807, 2.05) is 0 Å². The summed E-state index contributed by atoms with van der Waals surface area (Å²) in [6, 6.07) is 52.7. The van der Waals surface area contributed by atoms with Crippen molar-refractivity contribution < 1.29 is 0 Å². The summed E-state index contributed by atoms with van der Waals surface area (Å²) < 4.78 is 2.63. The Hall–Kier alpha value is -6.00. The van der Waals surface area contributed by atoms with Gasteiger partial charge >= 0.3 is 0 Å². The van der Waals surface area contributed by atoms with Crippen LogP contribution in [0.5, 0.6) is 0 Å². The molecule has 3 nitrogen and oxygen atoms in total. The van der Waals surface area contributed by atoms with Gasteiger partial charge in [0, 0.05) is 56.0 Å². The molecule has 0 amide bonds. The number of nitrogens with one attached hydrogen (secondary N) is 1. The van der Waals surface area contributed by atoms with Gasteiger partial charge in [0.1, 0.15) is 0 Å². The lowest BCUT2D eigenvalue weighted by Gasteiger charge is -2.43. The minimum atomic E-state index is 0.0921. The highest BCUT2D eigenvalue weighted by Gasteiger charge is 2.40. The molecule has 1 radical (unpaired) electrons. The second kappa shape index (κ2) is 14.8. The number of para-hydroxylation sites is 3. The highest BCUT2D eigenvalue weighted by Crippen LogP contribution is 2.50. The first kappa shape index (κ1) is 41.7. The zero-order valence-corrected chi connectivity index (χ0v) is 40.2. The van der Waals surface area contributed by atoms with Crippen molar-refractivity contribution >= 4 is 68.4 Å². The molecule has 8 aromatic rings. The maximum absolute atomic E-state index is 4.08. The number of anilines is 5. The van der Waals surface area contributed by atoms with Gasteiger partial charge in [-0.05, 0) is 159 Å². The van der Waals surface area contributed by atoms with Gasteiger partial charge in [-0.15, -0.1) is 0 Å². The lowest BCUT2D eigenvalue weighted by atomic mass is 9.55. The van der Waals surface area contributed by atoms with Crippen LogP contribution in [0, 0.1) is 0 Å². The molecule has 1 N–H and O–H groups in total. The third-order valence-electron chi connectivity index (χ3n) is 15.9. The summed E-state index contributed by atoms with van der Waals surface area (Å²) in [7, 11) is 2.54. The summed E-state index contributed by atoms with van der Waals surface area (Å²) >= 11 is 0. The first-order valence-corrected chi connectivity index (χ1v) is 24.1. The van der Waals surface area contributed by atoms with E-state index in [1.54, 1.807) is 0 Å². The summed E-state index contributed by atoms with van der Waals surface area (Å²) in [5.74, 6) is 0.294. The van der Waals surface area contributed by atoms with E-state index in [0.29, 0.717) is 5.92 Å². The molecule has 65 heavy (non-hydrogen) atoms. The molecule has 0 fully saturated rings. The molecule has 0 spiro atoms. The van der Waals surface area contributed by atoms with Crippen LogP contribution in [0.3, 0.4) is 0 Å². The Labute approximate surface area is 388 Å². The Bertz CT molecular complexity index is 3140. The van der Waals surface area contributed by atoms with E-state index >= 15 is 0 Å².